The van der Waals surface area contributed by atoms with Crippen molar-refractivity contribution in [3.05, 3.63) is 35.7 Å². The van der Waals surface area contributed by atoms with Gasteiger partial charge in [0.15, 0.2) is 0 Å². The van der Waals surface area contributed by atoms with Crippen LogP contribution in [0.4, 0.5) is 18.9 Å². The van der Waals surface area contributed by atoms with Crippen molar-refractivity contribution in [1.82, 2.24) is 0 Å². The summed E-state index contributed by atoms with van der Waals surface area (Å²) in [6, 6.07) is 5.08. The molecule has 1 aromatic rings. The Balaban J connectivity index is 2.85. The third kappa shape index (κ3) is 6.17. The van der Waals surface area contributed by atoms with Gasteiger partial charge < -0.3 is 9.84 Å². The molecule has 9 heteroatoms. The molecule has 0 radical (unpaired) electrons. The standard InChI is InChI=1S/C13H13F3N2O3S/c1-3-21-12(20)11(8(2)19)18-17-9-4-6-10(7-5-9)22-13(14,15)16/h4-7,19H,3H2,1-2H3/b11-8-,18-17?. The van der Waals surface area contributed by atoms with E-state index in [1.165, 1.54) is 31.2 Å². The van der Waals surface area contributed by atoms with E-state index in [0.717, 1.165) is 0 Å². The van der Waals surface area contributed by atoms with Crippen molar-refractivity contribution in [2.24, 2.45) is 10.2 Å². The molecule has 0 saturated heterocycles. The molecule has 0 spiro atoms. The van der Waals surface area contributed by atoms with Crippen molar-refractivity contribution in [3.8, 4) is 0 Å². The lowest BCUT2D eigenvalue weighted by atomic mass is 10.3. The number of ether oxygens (including phenoxy) is 1. The topological polar surface area (TPSA) is 71.2 Å². The minimum Gasteiger partial charge on any atom is -0.510 e. The fraction of sp³-hybridized carbons (Fsp3) is 0.308. The molecule has 1 N–H and O–H groups in total. The average Bonchev–Trinajstić information content (AvgIpc) is 2.39. The number of rotatable bonds is 5. The highest BCUT2D eigenvalue weighted by molar-refractivity contribution is 8.00. The molecule has 120 valence electrons. The van der Waals surface area contributed by atoms with E-state index in [0.29, 0.717) is 0 Å². The molecule has 0 bridgehead atoms. The molecule has 0 atom stereocenters. The highest BCUT2D eigenvalue weighted by Gasteiger charge is 2.28. The number of alkyl halides is 3. The molecule has 5 nitrogen and oxygen atoms in total. The lowest BCUT2D eigenvalue weighted by Crippen LogP contribution is -2.07. The van der Waals surface area contributed by atoms with Crippen LogP contribution in [0.5, 0.6) is 0 Å². The average molecular weight is 334 g/mol. The van der Waals surface area contributed by atoms with Gasteiger partial charge in [0.25, 0.3) is 0 Å². The minimum absolute atomic E-state index is 0.00551. The summed E-state index contributed by atoms with van der Waals surface area (Å²) in [4.78, 5) is 11.5. The maximum absolute atomic E-state index is 12.2. The molecule has 22 heavy (non-hydrogen) atoms. The number of halogens is 3. The van der Waals surface area contributed by atoms with Crippen LogP contribution in [0.1, 0.15) is 13.8 Å². The number of nitrogens with zero attached hydrogens (tertiary/aromatic N) is 2. The van der Waals surface area contributed by atoms with Crippen LogP contribution in [0.15, 0.2) is 50.8 Å². The van der Waals surface area contributed by atoms with Crippen LogP contribution < -0.4 is 0 Å². The van der Waals surface area contributed by atoms with E-state index in [4.69, 9.17) is 0 Å². The van der Waals surface area contributed by atoms with Gasteiger partial charge in [0, 0.05) is 4.90 Å². The zero-order chi connectivity index (χ0) is 16.8. The first-order chi connectivity index (χ1) is 10.2. The fourth-order valence-corrected chi connectivity index (χ4v) is 1.82. The minimum atomic E-state index is -4.36. The third-order valence-electron chi connectivity index (χ3n) is 2.15. The van der Waals surface area contributed by atoms with Gasteiger partial charge in [0.2, 0.25) is 5.70 Å². The molecule has 1 rings (SSSR count). The predicted molar refractivity (Wildman–Crippen MR) is 74.8 cm³/mol. The number of aliphatic hydroxyl groups is 1. The summed E-state index contributed by atoms with van der Waals surface area (Å²) in [7, 11) is 0. The van der Waals surface area contributed by atoms with Gasteiger partial charge in [-0.25, -0.2) is 4.79 Å². The van der Waals surface area contributed by atoms with E-state index >= 15 is 0 Å². The number of carbonyl (C=O) groups is 1. The number of azo groups is 1. The number of hydrogen-bond donors (Lipinski definition) is 1. The molecule has 0 aliphatic rings. The van der Waals surface area contributed by atoms with Crippen LogP contribution in [-0.4, -0.2) is 23.2 Å². The van der Waals surface area contributed by atoms with Gasteiger partial charge in [0.1, 0.15) is 5.76 Å². The Morgan fingerprint density at radius 3 is 2.36 bits per heavy atom. The molecular weight excluding hydrogens is 321 g/mol. The fourth-order valence-electron chi connectivity index (χ4n) is 1.28. The molecule has 0 heterocycles. The van der Waals surface area contributed by atoms with Gasteiger partial charge in [-0.3, -0.25) is 0 Å². The Labute approximate surface area is 128 Å². The van der Waals surface area contributed by atoms with Gasteiger partial charge in [-0.15, -0.1) is 5.11 Å². The van der Waals surface area contributed by atoms with Gasteiger partial charge in [-0.05, 0) is 49.9 Å². The summed E-state index contributed by atoms with van der Waals surface area (Å²) in [6.07, 6.45) is 0. The number of aliphatic hydroxyl groups excluding tert-OH is 1. The second-order valence-corrected chi connectivity index (χ2v) is 5.03. The first-order valence-corrected chi connectivity index (χ1v) is 6.89. The van der Waals surface area contributed by atoms with Crippen molar-refractivity contribution < 1.29 is 27.8 Å². The molecule has 0 aliphatic carbocycles. The van der Waals surface area contributed by atoms with Crippen LogP contribution >= 0.6 is 11.8 Å². The Morgan fingerprint density at radius 1 is 1.32 bits per heavy atom. The highest BCUT2D eigenvalue weighted by Crippen LogP contribution is 2.37. The Hall–Kier alpha value is -2.03. The number of carbonyl (C=O) groups excluding carboxylic acids is 1. The van der Waals surface area contributed by atoms with E-state index in [2.05, 4.69) is 15.0 Å². The molecule has 0 amide bonds. The highest BCUT2D eigenvalue weighted by atomic mass is 32.2. The molecule has 0 aliphatic heterocycles. The summed E-state index contributed by atoms with van der Waals surface area (Å²) < 4.78 is 41.2. The van der Waals surface area contributed by atoms with E-state index in [1.54, 1.807) is 6.92 Å². The predicted octanol–water partition coefficient (Wildman–Crippen LogP) is 4.73. The second-order valence-electron chi connectivity index (χ2n) is 3.90. The smallest absolute Gasteiger partial charge is 0.446 e. The van der Waals surface area contributed by atoms with Crippen molar-refractivity contribution >= 4 is 23.4 Å². The van der Waals surface area contributed by atoms with Gasteiger partial charge in [0.05, 0.1) is 12.3 Å². The Bertz CT molecular complexity index is 579. The zero-order valence-corrected chi connectivity index (χ0v) is 12.5. The molecule has 1 aromatic carbocycles. The van der Waals surface area contributed by atoms with Crippen molar-refractivity contribution in [2.75, 3.05) is 6.61 Å². The number of thioether (sulfide) groups is 1. The van der Waals surface area contributed by atoms with Crippen LogP contribution in [0.3, 0.4) is 0 Å². The number of benzene rings is 1. The maximum Gasteiger partial charge on any atom is 0.446 e. The summed E-state index contributed by atoms with van der Waals surface area (Å²) in [5.41, 5.74) is -4.50. The number of esters is 1. The number of hydrogen-bond acceptors (Lipinski definition) is 6. The monoisotopic (exact) mass is 334 g/mol. The lowest BCUT2D eigenvalue weighted by Gasteiger charge is -2.05. The van der Waals surface area contributed by atoms with Gasteiger partial charge in [-0.2, -0.15) is 18.3 Å². The zero-order valence-electron chi connectivity index (χ0n) is 11.7. The lowest BCUT2D eigenvalue weighted by molar-refractivity contribution is -0.138. The Kier molecular flexibility index (Phi) is 6.41. The van der Waals surface area contributed by atoms with E-state index in [9.17, 15) is 23.1 Å². The largest absolute Gasteiger partial charge is 0.510 e. The van der Waals surface area contributed by atoms with E-state index in [1.807, 2.05) is 0 Å². The Morgan fingerprint density at radius 2 is 1.91 bits per heavy atom. The summed E-state index contributed by atoms with van der Waals surface area (Å²) in [5, 5.41) is 16.6. The summed E-state index contributed by atoms with van der Waals surface area (Å²) in [5.74, 6) is -1.21. The molecule has 0 aromatic heterocycles. The molecule has 0 fully saturated rings. The van der Waals surface area contributed by atoms with E-state index < -0.39 is 11.5 Å². The second kappa shape index (κ2) is 7.83. The maximum atomic E-state index is 12.2. The normalized spacial score (nSPS) is 13.1. The van der Waals surface area contributed by atoms with Gasteiger partial charge in [-0.1, -0.05) is 0 Å². The van der Waals surface area contributed by atoms with Crippen LogP contribution in [0.2, 0.25) is 0 Å². The number of allylic oxidation sites excluding steroid dienone is 1. The van der Waals surface area contributed by atoms with Crippen LogP contribution in [0.25, 0.3) is 0 Å². The summed E-state index contributed by atoms with van der Waals surface area (Å²) >= 11 is -0.245. The first kappa shape index (κ1) is 18.0. The van der Waals surface area contributed by atoms with Crippen molar-refractivity contribution in [1.29, 1.82) is 0 Å². The molecule has 0 unspecified atom stereocenters. The van der Waals surface area contributed by atoms with Crippen LogP contribution in [-0.2, 0) is 9.53 Å². The third-order valence-corrected chi connectivity index (χ3v) is 2.89. The first-order valence-electron chi connectivity index (χ1n) is 6.07. The molecule has 0 saturated carbocycles. The summed E-state index contributed by atoms with van der Waals surface area (Å²) in [6.45, 7) is 2.94. The van der Waals surface area contributed by atoms with Crippen LogP contribution in [0, 0.1) is 0 Å². The quantitative estimate of drug-likeness (QED) is 0.278. The SMILES string of the molecule is CCOC(=O)/C(N=Nc1ccc(SC(F)(F)F)cc1)=C(\C)O. The van der Waals surface area contributed by atoms with E-state index in [-0.39, 0.29) is 40.4 Å². The molecular formula is C13H13F3N2O3S. The van der Waals surface area contributed by atoms with Gasteiger partial charge >= 0.3 is 11.5 Å². The van der Waals surface area contributed by atoms with Crippen molar-refractivity contribution in [3.63, 3.8) is 0 Å². The van der Waals surface area contributed by atoms with Crippen molar-refractivity contribution in [2.45, 2.75) is 24.3 Å².